The summed E-state index contributed by atoms with van der Waals surface area (Å²) in [6, 6.07) is 67.8. The largest absolute Gasteiger partial charge is 0.455 e. The van der Waals surface area contributed by atoms with Gasteiger partial charge in [-0.3, -0.25) is 0 Å². The fraction of sp³-hybridized carbons (Fsp3) is 0. The van der Waals surface area contributed by atoms with Crippen molar-refractivity contribution in [2.75, 3.05) is 0 Å². The van der Waals surface area contributed by atoms with E-state index in [1.54, 1.807) is 0 Å². The molecule has 0 bridgehead atoms. The number of fused-ring (bicyclic) bond motifs is 14. The van der Waals surface area contributed by atoms with Crippen molar-refractivity contribution in [3.63, 3.8) is 0 Å². The topological polar surface area (TPSA) is 26.0 Å². The van der Waals surface area contributed by atoms with Gasteiger partial charge in [0.2, 0.25) is 0 Å². The van der Waals surface area contributed by atoms with Gasteiger partial charge in [0.15, 0.2) is 0 Å². The maximum absolute atomic E-state index is 6.86. The zero-order valence-corrected chi connectivity index (χ0v) is 29.8. The van der Waals surface area contributed by atoms with Crippen LogP contribution in [-0.4, -0.2) is 4.98 Å². The van der Waals surface area contributed by atoms with Crippen LogP contribution in [0.2, 0.25) is 0 Å². The molecular formula is C53H31NO. The Morgan fingerprint density at radius 2 is 0.927 bits per heavy atom. The first-order valence-electron chi connectivity index (χ1n) is 18.9. The first-order valence-corrected chi connectivity index (χ1v) is 18.9. The summed E-state index contributed by atoms with van der Waals surface area (Å²) in [6.45, 7) is 0. The van der Waals surface area contributed by atoms with Gasteiger partial charge >= 0.3 is 0 Å². The lowest BCUT2D eigenvalue weighted by Gasteiger charge is -2.17. The number of furan rings is 1. The van der Waals surface area contributed by atoms with Gasteiger partial charge in [-0.2, -0.15) is 0 Å². The van der Waals surface area contributed by atoms with Gasteiger partial charge in [0, 0.05) is 43.4 Å². The molecule has 0 saturated heterocycles. The summed E-state index contributed by atoms with van der Waals surface area (Å²) >= 11 is 0. The molecule has 12 aromatic rings. The maximum Gasteiger partial charge on any atom is 0.143 e. The highest BCUT2D eigenvalue weighted by molar-refractivity contribution is 6.30. The quantitative estimate of drug-likeness (QED) is 0.172. The molecule has 10 aromatic carbocycles. The molecule has 0 aliphatic carbocycles. The van der Waals surface area contributed by atoms with Crippen molar-refractivity contribution >= 4 is 86.7 Å². The monoisotopic (exact) mass is 697 g/mol. The summed E-state index contributed by atoms with van der Waals surface area (Å²) in [4.78, 5) is 5.50. The van der Waals surface area contributed by atoms with Gasteiger partial charge in [-0.15, -0.1) is 0 Å². The molecule has 2 heterocycles. The summed E-state index contributed by atoms with van der Waals surface area (Å²) in [5.41, 5.74) is 9.49. The van der Waals surface area contributed by atoms with Crippen LogP contribution in [0.4, 0.5) is 0 Å². The molecule has 0 unspecified atom stereocenters. The van der Waals surface area contributed by atoms with E-state index in [1.807, 2.05) is 0 Å². The van der Waals surface area contributed by atoms with Crippen molar-refractivity contribution in [2.45, 2.75) is 0 Å². The van der Waals surface area contributed by atoms with Crippen LogP contribution in [0.15, 0.2) is 192 Å². The number of nitrogens with zero attached hydrogens (tertiary/aromatic N) is 1. The van der Waals surface area contributed by atoms with E-state index in [4.69, 9.17) is 9.40 Å². The third kappa shape index (κ3) is 4.46. The van der Waals surface area contributed by atoms with E-state index in [0.29, 0.717) is 0 Å². The Balaban J connectivity index is 1.16. The van der Waals surface area contributed by atoms with Crippen molar-refractivity contribution in [1.29, 1.82) is 0 Å². The Labute approximate surface area is 316 Å². The van der Waals surface area contributed by atoms with Crippen molar-refractivity contribution in [3.05, 3.63) is 188 Å². The van der Waals surface area contributed by atoms with Crippen LogP contribution in [0.3, 0.4) is 0 Å². The molecule has 0 aliphatic heterocycles. The molecule has 2 nitrogen and oxygen atoms in total. The Kier molecular flexibility index (Phi) is 6.37. The standard InChI is InChI=1S/C53H31NO/c1-2-15-34(16-3-1)51-46-31-44(41-23-10-11-24-42(41)48(46)43-27-25-33-14-5-9-22-40(33)52(43)54-51)35-18-12-19-36(29-35)45-30-37-17-6-8-21-39(37)50-49-38-20-7-4-13-32(38)26-28-47(49)55-53(45)50/h1-31H. The van der Waals surface area contributed by atoms with Crippen LogP contribution in [-0.2, 0) is 0 Å². The fourth-order valence-electron chi connectivity index (χ4n) is 9.11. The molecule has 0 radical (unpaired) electrons. The van der Waals surface area contributed by atoms with Crippen LogP contribution in [0.25, 0.3) is 120 Å². The lowest BCUT2D eigenvalue weighted by Crippen LogP contribution is -1.94. The van der Waals surface area contributed by atoms with Crippen LogP contribution < -0.4 is 0 Å². The second-order valence-electron chi connectivity index (χ2n) is 14.6. The van der Waals surface area contributed by atoms with E-state index in [2.05, 4.69) is 188 Å². The predicted octanol–water partition coefficient (Wildman–Crippen LogP) is 14.9. The normalized spacial score (nSPS) is 12.0. The van der Waals surface area contributed by atoms with E-state index in [0.717, 1.165) is 50.0 Å². The SMILES string of the molecule is c1ccc(-c2nc3c4ccccc4ccc3c3c2cc(-c2cccc(-c4cc5ccccc5c5c4oc4ccc6ccccc6c45)c2)c2ccccc23)cc1. The first kappa shape index (κ1) is 30.2. The van der Waals surface area contributed by atoms with E-state index < -0.39 is 0 Å². The number of aromatic nitrogens is 1. The third-order valence-electron chi connectivity index (χ3n) is 11.6. The lowest BCUT2D eigenvalue weighted by molar-refractivity contribution is 0.670. The minimum absolute atomic E-state index is 0.906. The summed E-state index contributed by atoms with van der Waals surface area (Å²) in [6.07, 6.45) is 0. The highest BCUT2D eigenvalue weighted by atomic mass is 16.3. The molecule has 0 fully saturated rings. The molecule has 0 spiro atoms. The minimum Gasteiger partial charge on any atom is -0.455 e. The van der Waals surface area contributed by atoms with Gasteiger partial charge in [0.05, 0.1) is 11.2 Å². The molecule has 0 N–H and O–H groups in total. The molecule has 2 aromatic heterocycles. The average Bonchev–Trinajstić information content (AvgIpc) is 3.66. The zero-order chi connectivity index (χ0) is 36.0. The molecule has 2 heteroatoms. The van der Waals surface area contributed by atoms with E-state index in [-0.39, 0.29) is 0 Å². The van der Waals surface area contributed by atoms with Crippen molar-refractivity contribution in [1.82, 2.24) is 4.98 Å². The molecule has 254 valence electrons. The average molecular weight is 698 g/mol. The number of benzene rings is 10. The van der Waals surface area contributed by atoms with E-state index >= 15 is 0 Å². The van der Waals surface area contributed by atoms with Crippen LogP contribution >= 0.6 is 0 Å². The Hall–Kier alpha value is -7.29. The minimum atomic E-state index is 0.906. The number of hydrogen-bond donors (Lipinski definition) is 0. The maximum atomic E-state index is 6.86. The number of pyridine rings is 1. The van der Waals surface area contributed by atoms with Gasteiger partial charge in [-0.25, -0.2) is 4.98 Å². The summed E-state index contributed by atoms with van der Waals surface area (Å²) < 4.78 is 6.86. The van der Waals surface area contributed by atoms with Crippen LogP contribution in [0, 0.1) is 0 Å². The molecular weight excluding hydrogens is 667 g/mol. The number of hydrogen-bond acceptors (Lipinski definition) is 2. The Bertz CT molecular complexity index is 3540. The Morgan fingerprint density at radius 1 is 0.327 bits per heavy atom. The van der Waals surface area contributed by atoms with Gasteiger partial charge < -0.3 is 4.42 Å². The van der Waals surface area contributed by atoms with E-state index in [1.165, 1.54) is 70.2 Å². The molecule has 12 rings (SSSR count). The van der Waals surface area contributed by atoms with Crippen molar-refractivity contribution in [3.8, 4) is 33.5 Å². The molecule has 0 amide bonds. The highest BCUT2D eigenvalue weighted by Crippen LogP contribution is 2.46. The zero-order valence-electron chi connectivity index (χ0n) is 29.8. The lowest BCUT2D eigenvalue weighted by atomic mass is 9.88. The second-order valence-corrected chi connectivity index (χ2v) is 14.6. The van der Waals surface area contributed by atoms with Crippen LogP contribution in [0.5, 0.6) is 0 Å². The van der Waals surface area contributed by atoms with Gasteiger partial charge in [0.25, 0.3) is 0 Å². The molecule has 55 heavy (non-hydrogen) atoms. The molecule has 0 aliphatic rings. The summed E-state index contributed by atoms with van der Waals surface area (Å²) in [7, 11) is 0. The predicted molar refractivity (Wildman–Crippen MR) is 233 cm³/mol. The van der Waals surface area contributed by atoms with Gasteiger partial charge in [-0.1, -0.05) is 164 Å². The van der Waals surface area contributed by atoms with Gasteiger partial charge in [-0.05, 0) is 78.7 Å². The van der Waals surface area contributed by atoms with Crippen molar-refractivity contribution < 1.29 is 4.42 Å². The Morgan fingerprint density at radius 3 is 1.73 bits per heavy atom. The first-order chi connectivity index (χ1) is 27.3. The number of rotatable bonds is 3. The van der Waals surface area contributed by atoms with E-state index in [9.17, 15) is 0 Å². The smallest absolute Gasteiger partial charge is 0.143 e. The molecule has 0 atom stereocenters. The van der Waals surface area contributed by atoms with Crippen LogP contribution in [0.1, 0.15) is 0 Å². The third-order valence-corrected chi connectivity index (χ3v) is 11.6. The fourth-order valence-corrected chi connectivity index (χ4v) is 9.11. The summed E-state index contributed by atoms with van der Waals surface area (Å²) in [5.74, 6) is 0. The summed E-state index contributed by atoms with van der Waals surface area (Å²) in [5, 5.41) is 15.5. The highest BCUT2D eigenvalue weighted by Gasteiger charge is 2.21. The van der Waals surface area contributed by atoms with Gasteiger partial charge in [0.1, 0.15) is 11.2 Å². The second kappa shape index (κ2) is 11.6. The van der Waals surface area contributed by atoms with Crippen molar-refractivity contribution in [2.24, 2.45) is 0 Å². The molecule has 0 saturated carbocycles.